The van der Waals surface area contributed by atoms with E-state index in [0.29, 0.717) is 41.7 Å². The summed E-state index contributed by atoms with van der Waals surface area (Å²) in [5.74, 6) is 1.70. The topological polar surface area (TPSA) is 101 Å². The molecule has 33 heavy (non-hydrogen) atoms. The number of hydrogen-bond acceptors (Lipinski definition) is 8. The summed E-state index contributed by atoms with van der Waals surface area (Å²) in [6.45, 7) is 5.50. The van der Waals surface area contributed by atoms with E-state index in [1.54, 1.807) is 19.4 Å². The van der Waals surface area contributed by atoms with Crippen LogP contribution in [0, 0.1) is 0 Å². The molecule has 4 heterocycles. The molecule has 1 unspecified atom stereocenters. The van der Waals surface area contributed by atoms with Crippen molar-refractivity contribution >= 4 is 22.6 Å². The number of amides is 1. The van der Waals surface area contributed by atoms with Crippen molar-refractivity contribution in [1.82, 2.24) is 20.2 Å². The van der Waals surface area contributed by atoms with Gasteiger partial charge >= 0.3 is 5.63 Å². The van der Waals surface area contributed by atoms with E-state index in [1.165, 1.54) is 0 Å². The molecule has 1 amide bonds. The molecule has 2 saturated heterocycles. The fraction of sp³-hybridized carbons (Fsp3) is 0.417. The molecule has 9 nitrogen and oxygen atoms in total. The lowest BCUT2D eigenvalue weighted by molar-refractivity contribution is -0.124. The lowest BCUT2D eigenvalue weighted by Crippen LogP contribution is -2.52. The van der Waals surface area contributed by atoms with Gasteiger partial charge in [-0.15, -0.1) is 0 Å². The predicted octanol–water partition coefficient (Wildman–Crippen LogP) is 1.83. The van der Waals surface area contributed by atoms with Crippen LogP contribution in [0.15, 0.2) is 39.7 Å². The number of piperazine rings is 1. The van der Waals surface area contributed by atoms with Crippen LogP contribution in [-0.4, -0.2) is 66.7 Å². The van der Waals surface area contributed by atoms with Gasteiger partial charge in [-0.2, -0.15) is 0 Å². The highest BCUT2D eigenvalue weighted by Gasteiger charge is 2.32. The number of hydrogen-bond donors (Lipinski definition) is 1. The number of nitrogens with zero attached hydrogens (tertiary/aromatic N) is 4. The highest BCUT2D eigenvalue weighted by molar-refractivity contribution is 5.84. The fourth-order valence-electron chi connectivity index (χ4n) is 4.78. The zero-order chi connectivity index (χ0) is 22.9. The van der Waals surface area contributed by atoms with Crippen LogP contribution in [-0.2, 0) is 11.2 Å². The normalized spacial score (nSPS) is 19.2. The van der Waals surface area contributed by atoms with E-state index >= 15 is 0 Å². The van der Waals surface area contributed by atoms with Gasteiger partial charge in [0.15, 0.2) is 0 Å². The molecule has 0 spiro atoms. The largest absolute Gasteiger partial charge is 0.497 e. The van der Waals surface area contributed by atoms with E-state index in [1.807, 2.05) is 25.1 Å². The standard InChI is InChI=1S/C24H27N5O4/c1-3-15-11-17(32-2)12-19-21(15)24(31)33-23(27-19)18-5-4-7-26-22(18)29-9-6-16(13-29)28-10-8-25-20(30)14-28/h4-5,7,11-12,16H,3,6,8-10,13-14H2,1-2H3,(H,25,30). The second-order valence-electron chi connectivity index (χ2n) is 8.42. The van der Waals surface area contributed by atoms with Crippen molar-refractivity contribution in [2.75, 3.05) is 44.7 Å². The van der Waals surface area contributed by atoms with Gasteiger partial charge in [-0.25, -0.2) is 14.8 Å². The van der Waals surface area contributed by atoms with Crippen LogP contribution < -0.4 is 20.6 Å². The summed E-state index contributed by atoms with van der Waals surface area (Å²) in [6.07, 6.45) is 3.34. The molecule has 9 heteroatoms. The first-order valence-electron chi connectivity index (χ1n) is 11.3. The fourth-order valence-corrected chi connectivity index (χ4v) is 4.78. The SMILES string of the molecule is CCc1cc(OC)cc2nc(-c3cccnc3N3CCC(N4CCNC(=O)C4)C3)oc(=O)c12. The number of ether oxygens (including phenoxy) is 1. The van der Waals surface area contributed by atoms with E-state index in [9.17, 15) is 9.59 Å². The molecule has 0 radical (unpaired) electrons. The zero-order valence-electron chi connectivity index (χ0n) is 18.8. The summed E-state index contributed by atoms with van der Waals surface area (Å²) < 4.78 is 11.1. The molecule has 0 bridgehead atoms. The molecule has 2 fully saturated rings. The van der Waals surface area contributed by atoms with Crippen molar-refractivity contribution in [3.8, 4) is 17.2 Å². The molecule has 5 rings (SSSR count). The maximum absolute atomic E-state index is 12.9. The molecule has 172 valence electrons. The Morgan fingerprint density at radius 2 is 2.15 bits per heavy atom. The number of carbonyl (C=O) groups excluding carboxylic acids is 1. The van der Waals surface area contributed by atoms with Crippen molar-refractivity contribution in [2.45, 2.75) is 25.8 Å². The first-order valence-corrected chi connectivity index (χ1v) is 11.3. The predicted molar refractivity (Wildman–Crippen MR) is 125 cm³/mol. The Morgan fingerprint density at radius 3 is 2.94 bits per heavy atom. The molecule has 1 N–H and O–H groups in total. The van der Waals surface area contributed by atoms with Crippen LogP contribution in [0.4, 0.5) is 5.82 Å². The number of aryl methyl sites for hydroxylation is 1. The van der Waals surface area contributed by atoms with Gasteiger partial charge in [-0.3, -0.25) is 9.69 Å². The molecule has 1 atom stereocenters. The number of nitrogens with one attached hydrogen (secondary N) is 1. The van der Waals surface area contributed by atoms with Gasteiger partial charge < -0.3 is 19.4 Å². The molecule has 3 aromatic rings. The summed E-state index contributed by atoms with van der Waals surface area (Å²) >= 11 is 0. The highest BCUT2D eigenvalue weighted by Crippen LogP contribution is 2.32. The Labute approximate surface area is 191 Å². The van der Waals surface area contributed by atoms with E-state index < -0.39 is 5.63 Å². The zero-order valence-corrected chi connectivity index (χ0v) is 18.8. The van der Waals surface area contributed by atoms with Crippen LogP contribution >= 0.6 is 0 Å². The summed E-state index contributed by atoms with van der Waals surface area (Å²) in [6, 6.07) is 7.58. The average Bonchev–Trinajstić information content (AvgIpc) is 3.33. The van der Waals surface area contributed by atoms with Crippen molar-refractivity contribution < 1.29 is 13.9 Å². The molecule has 0 aliphatic carbocycles. The monoisotopic (exact) mass is 449 g/mol. The number of anilines is 1. The Morgan fingerprint density at radius 1 is 1.27 bits per heavy atom. The van der Waals surface area contributed by atoms with Gasteiger partial charge in [-0.05, 0) is 36.6 Å². The summed E-state index contributed by atoms with van der Waals surface area (Å²) in [5.41, 5.74) is 1.65. The quantitative estimate of drug-likeness (QED) is 0.630. The molecule has 1 aromatic carbocycles. The van der Waals surface area contributed by atoms with Crippen LogP contribution in [0.25, 0.3) is 22.4 Å². The van der Waals surface area contributed by atoms with Gasteiger partial charge in [0.1, 0.15) is 11.6 Å². The Bertz CT molecular complexity index is 1260. The lowest BCUT2D eigenvalue weighted by atomic mass is 10.1. The maximum Gasteiger partial charge on any atom is 0.347 e. The Balaban J connectivity index is 1.50. The highest BCUT2D eigenvalue weighted by atomic mass is 16.5. The van der Waals surface area contributed by atoms with Crippen molar-refractivity contribution in [3.05, 3.63) is 46.4 Å². The smallest absolute Gasteiger partial charge is 0.347 e. The number of fused-ring (bicyclic) bond motifs is 1. The third-order valence-corrected chi connectivity index (χ3v) is 6.47. The molecule has 0 saturated carbocycles. The third kappa shape index (κ3) is 4.04. The Hall–Kier alpha value is -3.46. The minimum absolute atomic E-state index is 0.0715. The molecule has 2 aliphatic rings. The number of carbonyl (C=O) groups is 1. The Kier molecular flexibility index (Phi) is 5.72. The summed E-state index contributed by atoms with van der Waals surface area (Å²) in [7, 11) is 1.60. The molecular weight excluding hydrogens is 422 g/mol. The van der Waals surface area contributed by atoms with Gasteiger partial charge in [0.2, 0.25) is 11.8 Å². The van der Waals surface area contributed by atoms with Gasteiger partial charge in [0.05, 0.1) is 30.1 Å². The first-order chi connectivity index (χ1) is 16.1. The number of methoxy groups -OCH3 is 1. The van der Waals surface area contributed by atoms with Crippen LogP contribution in [0.5, 0.6) is 5.75 Å². The van der Waals surface area contributed by atoms with E-state index in [-0.39, 0.29) is 17.8 Å². The number of benzene rings is 1. The van der Waals surface area contributed by atoms with Crippen LogP contribution in [0.2, 0.25) is 0 Å². The first kappa shape index (κ1) is 21.4. The minimum Gasteiger partial charge on any atom is -0.497 e. The second kappa shape index (κ2) is 8.82. The van der Waals surface area contributed by atoms with Crippen molar-refractivity contribution in [1.29, 1.82) is 0 Å². The average molecular weight is 450 g/mol. The van der Waals surface area contributed by atoms with Crippen molar-refractivity contribution in [3.63, 3.8) is 0 Å². The number of aromatic nitrogens is 2. The van der Waals surface area contributed by atoms with Gasteiger partial charge in [-0.1, -0.05) is 6.92 Å². The number of rotatable bonds is 5. The molecule has 2 aromatic heterocycles. The number of pyridine rings is 1. The van der Waals surface area contributed by atoms with E-state index in [4.69, 9.17) is 14.1 Å². The molecule has 2 aliphatic heterocycles. The summed E-state index contributed by atoms with van der Waals surface area (Å²) in [4.78, 5) is 38.5. The van der Waals surface area contributed by atoms with Crippen LogP contribution in [0.1, 0.15) is 18.9 Å². The van der Waals surface area contributed by atoms with Gasteiger partial charge in [0.25, 0.3) is 0 Å². The third-order valence-electron chi connectivity index (χ3n) is 6.47. The minimum atomic E-state index is -0.414. The second-order valence-corrected chi connectivity index (χ2v) is 8.42. The van der Waals surface area contributed by atoms with Crippen LogP contribution in [0.3, 0.4) is 0 Å². The summed E-state index contributed by atoms with van der Waals surface area (Å²) in [5, 5.41) is 3.36. The van der Waals surface area contributed by atoms with Crippen molar-refractivity contribution in [2.24, 2.45) is 0 Å². The van der Waals surface area contributed by atoms with E-state index in [2.05, 4.69) is 20.1 Å². The van der Waals surface area contributed by atoms with Gasteiger partial charge in [0, 0.05) is 44.5 Å². The lowest BCUT2D eigenvalue weighted by Gasteiger charge is -2.32. The maximum atomic E-state index is 12.9. The van der Waals surface area contributed by atoms with E-state index in [0.717, 1.165) is 37.4 Å². The molecular formula is C24H27N5O4.